The lowest BCUT2D eigenvalue weighted by Gasteiger charge is -2.33. The van der Waals surface area contributed by atoms with E-state index in [0.29, 0.717) is 12.8 Å². The molecule has 1 unspecified atom stereocenters. The van der Waals surface area contributed by atoms with Crippen molar-refractivity contribution < 1.29 is 24.3 Å². The Hall–Kier alpha value is -1.92. The van der Waals surface area contributed by atoms with Gasteiger partial charge in [-0.3, -0.25) is 24.6 Å². The fourth-order valence-corrected chi connectivity index (χ4v) is 2.50. The molecule has 2 rings (SSSR count). The first-order chi connectivity index (χ1) is 8.50. The lowest BCUT2D eigenvalue weighted by molar-refractivity contribution is -0.150. The van der Waals surface area contributed by atoms with E-state index in [1.54, 1.807) is 0 Å². The highest BCUT2D eigenvalue weighted by Gasteiger charge is 2.44. The Balaban J connectivity index is 2.19. The molecule has 0 spiro atoms. The maximum atomic E-state index is 12.0. The predicted molar refractivity (Wildman–Crippen MR) is 58.4 cm³/mol. The summed E-state index contributed by atoms with van der Waals surface area (Å²) in [5.41, 5.74) is 0. The zero-order valence-corrected chi connectivity index (χ0v) is 9.72. The molecule has 1 heterocycles. The second-order valence-electron chi connectivity index (χ2n) is 4.59. The van der Waals surface area contributed by atoms with E-state index in [4.69, 9.17) is 5.11 Å². The van der Waals surface area contributed by atoms with E-state index in [2.05, 4.69) is 5.32 Å². The van der Waals surface area contributed by atoms with E-state index >= 15 is 0 Å². The molecule has 2 fully saturated rings. The van der Waals surface area contributed by atoms with Crippen molar-refractivity contribution in [1.82, 2.24) is 10.2 Å². The molecule has 1 aliphatic carbocycles. The van der Waals surface area contributed by atoms with Gasteiger partial charge in [-0.15, -0.1) is 0 Å². The van der Waals surface area contributed by atoms with E-state index < -0.39 is 36.2 Å². The molecule has 0 aromatic carbocycles. The molecular formula is C11H14N2O5. The van der Waals surface area contributed by atoms with Gasteiger partial charge >= 0.3 is 12.0 Å². The molecule has 18 heavy (non-hydrogen) atoms. The number of hydrogen-bond acceptors (Lipinski definition) is 4. The molecule has 0 radical (unpaired) electrons. The summed E-state index contributed by atoms with van der Waals surface area (Å²) >= 11 is 0. The second kappa shape index (κ2) is 4.75. The third kappa shape index (κ3) is 2.20. The molecule has 98 valence electrons. The monoisotopic (exact) mass is 254 g/mol. The number of nitrogens with zero attached hydrogens (tertiary/aromatic N) is 1. The van der Waals surface area contributed by atoms with Gasteiger partial charge in [0.2, 0.25) is 11.8 Å². The van der Waals surface area contributed by atoms with Crippen LogP contribution in [0.15, 0.2) is 0 Å². The largest absolute Gasteiger partial charge is 0.481 e. The summed E-state index contributed by atoms with van der Waals surface area (Å²) < 4.78 is 0. The Morgan fingerprint density at radius 3 is 2.44 bits per heavy atom. The first-order valence-corrected chi connectivity index (χ1v) is 5.90. The summed E-state index contributed by atoms with van der Waals surface area (Å²) in [7, 11) is 0. The van der Waals surface area contributed by atoms with Crippen LogP contribution in [-0.2, 0) is 14.4 Å². The summed E-state index contributed by atoms with van der Waals surface area (Å²) in [6, 6.07) is -0.930. The zero-order chi connectivity index (χ0) is 13.3. The molecule has 7 heteroatoms. The number of amides is 4. The summed E-state index contributed by atoms with van der Waals surface area (Å²) in [6.45, 7) is 0. The van der Waals surface area contributed by atoms with E-state index in [9.17, 15) is 19.2 Å². The number of barbiturate groups is 1. The van der Waals surface area contributed by atoms with Crippen molar-refractivity contribution >= 4 is 23.8 Å². The number of carbonyl (C=O) groups excluding carboxylic acids is 3. The number of hydrogen-bond donors (Lipinski definition) is 2. The highest BCUT2D eigenvalue weighted by molar-refractivity contribution is 6.17. The van der Waals surface area contributed by atoms with Crippen molar-refractivity contribution in [2.75, 3.05) is 0 Å². The van der Waals surface area contributed by atoms with Gasteiger partial charge in [0.25, 0.3) is 0 Å². The third-order valence-corrected chi connectivity index (χ3v) is 3.37. The molecule has 2 aliphatic rings. The van der Waals surface area contributed by atoms with Crippen LogP contribution in [0.5, 0.6) is 0 Å². The number of nitrogens with one attached hydrogen (secondary N) is 1. The number of carbonyl (C=O) groups is 4. The summed E-state index contributed by atoms with van der Waals surface area (Å²) in [5, 5.41) is 10.7. The summed E-state index contributed by atoms with van der Waals surface area (Å²) in [6.07, 6.45) is 2.71. The smallest absolute Gasteiger partial charge is 0.331 e. The number of imide groups is 2. The Bertz CT molecular complexity index is 414. The van der Waals surface area contributed by atoms with Gasteiger partial charge in [-0.05, 0) is 12.8 Å². The maximum Gasteiger partial charge on any atom is 0.331 e. The average molecular weight is 254 g/mol. The number of urea groups is 1. The quantitative estimate of drug-likeness (QED) is 0.695. The van der Waals surface area contributed by atoms with Crippen LogP contribution < -0.4 is 5.32 Å². The first kappa shape index (κ1) is 12.5. The number of carboxylic acids is 1. The fraction of sp³-hybridized carbons (Fsp3) is 0.636. The lowest BCUT2D eigenvalue weighted by Crippen LogP contribution is -2.60. The maximum absolute atomic E-state index is 12.0. The minimum atomic E-state index is -1.29. The van der Waals surface area contributed by atoms with E-state index in [1.165, 1.54) is 0 Å². The molecule has 1 aliphatic heterocycles. The zero-order valence-electron chi connectivity index (χ0n) is 9.72. The molecule has 1 saturated carbocycles. The number of aliphatic carboxylic acids is 1. The highest BCUT2D eigenvalue weighted by Crippen LogP contribution is 2.27. The first-order valence-electron chi connectivity index (χ1n) is 5.90. The van der Waals surface area contributed by atoms with Crippen molar-refractivity contribution in [2.45, 2.75) is 38.1 Å². The Morgan fingerprint density at radius 2 is 1.89 bits per heavy atom. The van der Waals surface area contributed by atoms with Gasteiger partial charge in [-0.25, -0.2) is 4.79 Å². The van der Waals surface area contributed by atoms with Crippen molar-refractivity contribution in [3.8, 4) is 0 Å². The Kier molecular flexibility index (Phi) is 3.31. The van der Waals surface area contributed by atoms with Gasteiger partial charge in [0.05, 0.1) is 6.42 Å². The average Bonchev–Trinajstić information content (AvgIpc) is 2.77. The molecule has 7 nitrogen and oxygen atoms in total. The lowest BCUT2D eigenvalue weighted by atomic mass is 9.99. The third-order valence-electron chi connectivity index (χ3n) is 3.37. The van der Waals surface area contributed by atoms with Crippen LogP contribution in [0.1, 0.15) is 32.1 Å². The van der Waals surface area contributed by atoms with Gasteiger partial charge in [0.1, 0.15) is 5.92 Å². The van der Waals surface area contributed by atoms with Crippen molar-refractivity contribution in [3.63, 3.8) is 0 Å². The van der Waals surface area contributed by atoms with Crippen LogP contribution in [0.25, 0.3) is 0 Å². The van der Waals surface area contributed by atoms with Crippen molar-refractivity contribution in [1.29, 1.82) is 0 Å². The van der Waals surface area contributed by atoms with Crippen LogP contribution in [0.3, 0.4) is 0 Å². The molecule has 1 atom stereocenters. The standard InChI is InChI=1S/C11H14N2O5/c14-8(15)5-7-9(16)12-11(18)13(10(7)17)6-3-1-2-4-6/h6-7H,1-5H2,(H,14,15)(H,12,16,18). The molecule has 1 saturated heterocycles. The van der Waals surface area contributed by atoms with Crippen LogP contribution in [0.2, 0.25) is 0 Å². The predicted octanol–water partition coefficient (Wildman–Crippen LogP) is 0.0983. The molecule has 0 aromatic rings. The highest BCUT2D eigenvalue weighted by atomic mass is 16.4. The van der Waals surface area contributed by atoms with E-state index in [1.807, 2.05) is 0 Å². The van der Waals surface area contributed by atoms with Crippen LogP contribution in [0, 0.1) is 5.92 Å². The molecule has 0 aromatic heterocycles. The molecule has 2 N–H and O–H groups in total. The minimum Gasteiger partial charge on any atom is -0.481 e. The van der Waals surface area contributed by atoms with Gasteiger partial charge in [-0.2, -0.15) is 0 Å². The molecule has 0 bridgehead atoms. The van der Waals surface area contributed by atoms with E-state index in [0.717, 1.165) is 17.7 Å². The fourth-order valence-electron chi connectivity index (χ4n) is 2.50. The SMILES string of the molecule is O=C(O)CC1C(=O)NC(=O)N(C2CCCC2)C1=O. The second-order valence-corrected chi connectivity index (χ2v) is 4.59. The van der Waals surface area contributed by atoms with Gasteiger partial charge in [-0.1, -0.05) is 12.8 Å². The number of rotatable bonds is 3. The summed E-state index contributed by atoms with van der Waals surface area (Å²) in [4.78, 5) is 46.8. The summed E-state index contributed by atoms with van der Waals surface area (Å²) in [5.74, 6) is -4.02. The van der Waals surface area contributed by atoms with Crippen LogP contribution >= 0.6 is 0 Å². The molecule has 4 amide bonds. The van der Waals surface area contributed by atoms with Crippen molar-refractivity contribution in [2.24, 2.45) is 5.92 Å². The van der Waals surface area contributed by atoms with Gasteiger partial charge < -0.3 is 5.11 Å². The number of carboxylic acid groups (broad SMARTS) is 1. The van der Waals surface area contributed by atoms with Gasteiger partial charge in [0.15, 0.2) is 0 Å². The molecular weight excluding hydrogens is 240 g/mol. The normalized spacial score (nSPS) is 25.4. The Morgan fingerprint density at radius 1 is 1.28 bits per heavy atom. The van der Waals surface area contributed by atoms with Crippen LogP contribution in [0.4, 0.5) is 4.79 Å². The topological polar surface area (TPSA) is 104 Å². The Labute approximate surface area is 103 Å². The van der Waals surface area contributed by atoms with Crippen LogP contribution in [-0.4, -0.2) is 39.9 Å². The van der Waals surface area contributed by atoms with Crippen molar-refractivity contribution in [3.05, 3.63) is 0 Å². The van der Waals surface area contributed by atoms with Gasteiger partial charge in [0, 0.05) is 6.04 Å². The van der Waals surface area contributed by atoms with E-state index in [-0.39, 0.29) is 6.04 Å². The minimum absolute atomic E-state index is 0.207.